The van der Waals surface area contributed by atoms with Crippen LogP contribution in [0.15, 0.2) is 60.7 Å². The van der Waals surface area contributed by atoms with Crippen LogP contribution < -0.4 is 4.74 Å². The lowest BCUT2D eigenvalue weighted by atomic mass is 10.1. The third-order valence-corrected chi connectivity index (χ3v) is 4.01. The maximum absolute atomic E-state index is 12.5. The minimum absolute atomic E-state index is 0.279. The van der Waals surface area contributed by atoms with Crippen LogP contribution in [0.4, 0.5) is 4.79 Å². The van der Waals surface area contributed by atoms with Gasteiger partial charge < -0.3 is 9.47 Å². The Morgan fingerprint density at radius 3 is 2.75 bits per heavy atom. The molecule has 0 bridgehead atoms. The van der Waals surface area contributed by atoms with Gasteiger partial charge in [-0.25, -0.2) is 4.79 Å². The van der Waals surface area contributed by atoms with E-state index in [1.807, 2.05) is 54.6 Å². The highest BCUT2D eigenvalue weighted by Gasteiger charge is 2.23. The lowest BCUT2D eigenvalue weighted by Gasteiger charge is -2.28. The third-order valence-electron chi connectivity index (χ3n) is 4.01. The molecule has 0 N–H and O–H groups in total. The molecule has 0 spiro atoms. The fourth-order valence-electron chi connectivity index (χ4n) is 2.76. The van der Waals surface area contributed by atoms with Crippen molar-refractivity contribution in [1.82, 2.24) is 4.90 Å². The van der Waals surface area contributed by atoms with Gasteiger partial charge in [-0.3, -0.25) is 4.90 Å². The number of carbonyl (C=O) groups excluding carboxylic acids is 1. The van der Waals surface area contributed by atoms with E-state index in [2.05, 4.69) is 6.08 Å². The van der Waals surface area contributed by atoms with Crippen molar-refractivity contribution in [1.29, 1.82) is 0 Å². The zero-order valence-corrected chi connectivity index (χ0v) is 13.8. The molecule has 0 saturated heterocycles. The Hall–Kier alpha value is -2.75. The summed E-state index contributed by atoms with van der Waals surface area (Å²) in [5, 5.41) is 0. The third kappa shape index (κ3) is 3.77. The molecule has 24 heavy (non-hydrogen) atoms. The Bertz CT molecular complexity index is 725. The number of allylic oxidation sites excluding steroid dienone is 1. The first-order valence-corrected chi connectivity index (χ1v) is 8.11. The van der Waals surface area contributed by atoms with Crippen LogP contribution in [0.3, 0.4) is 0 Å². The number of methoxy groups -OCH3 is 1. The first-order valence-electron chi connectivity index (χ1n) is 8.11. The minimum Gasteiger partial charge on any atom is -0.497 e. The molecule has 0 unspecified atom stereocenters. The van der Waals surface area contributed by atoms with E-state index in [1.54, 1.807) is 12.0 Å². The van der Waals surface area contributed by atoms with E-state index < -0.39 is 0 Å². The van der Waals surface area contributed by atoms with Gasteiger partial charge >= 0.3 is 6.09 Å². The number of hydrogen-bond donors (Lipinski definition) is 0. The maximum atomic E-state index is 12.5. The number of rotatable bonds is 4. The summed E-state index contributed by atoms with van der Waals surface area (Å²) in [5.41, 5.74) is 2.83. The van der Waals surface area contributed by atoms with Crippen LogP contribution in [-0.2, 0) is 11.3 Å². The van der Waals surface area contributed by atoms with Gasteiger partial charge in [-0.15, -0.1) is 0 Å². The number of benzene rings is 2. The standard InChI is InChI=1S/C20H21NO3/c1-23-18-11-7-10-17(14-18)19-12-5-6-13-21(19)20(22)24-15-16-8-3-2-4-9-16/h2-4,7-12,14H,5-6,13,15H2,1H3. The molecule has 0 radical (unpaired) electrons. The predicted octanol–water partition coefficient (Wildman–Crippen LogP) is 4.47. The van der Waals surface area contributed by atoms with E-state index in [-0.39, 0.29) is 12.7 Å². The highest BCUT2D eigenvalue weighted by Crippen LogP contribution is 2.28. The summed E-state index contributed by atoms with van der Waals surface area (Å²) in [6, 6.07) is 17.5. The normalized spacial score (nSPS) is 14.0. The molecule has 2 aromatic carbocycles. The highest BCUT2D eigenvalue weighted by molar-refractivity contribution is 5.82. The number of ether oxygens (including phenoxy) is 2. The van der Waals surface area contributed by atoms with Gasteiger partial charge in [0.25, 0.3) is 0 Å². The second kappa shape index (κ2) is 7.68. The van der Waals surface area contributed by atoms with E-state index in [9.17, 15) is 4.79 Å². The van der Waals surface area contributed by atoms with Crippen molar-refractivity contribution >= 4 is 11.8 Å². The van der Waals surface area contributed by atoms with Gasteiger partial charge in [-0.05, 0) is 30.5 Å². The average Bonchev–Trinajstić information content (AvgIpc) is 2.67. The summed E-state index contributed by atoms with van der Waals surface area (Å²) >= 11 is 0. The fraction of sp³-hybridized carbons (Fsp3) is 0.250. The van der Waals surface area contributed by atoms with Crippen LogP contribution >= 0.6 is 0 Å². The van der Waals surface area contributed by atoms with E-state index in [0.717, 1.165) is 35.4 Å². The zero-order chi connectivity index (χ0) is 16.8. The summed E-state index contributed by atoms with van der Waals surface area (Å²) in [4.78, 5) is 14.3. The van der Waals surface area contributed by atoms with E-state index in [1.165, 1.54) is 0 Å². The fourth-order valence-corrected chi connectivity index (χ4v) is 2.76. The largest absolute Gasteiger partial charge is 0.497 e. The van der Waals surface area contributed by atoms with Crippen LogP contribution in [0.1, 0.15) is 24.0 Å². The smallest absolute Gasteiger partial charge is 0.414 e. The van der Waals surface area contributed by atoms with Gasteiger partial charge in [-0.1, -0.05) is 48.5 Å². The van der Waals surface area contributed by atoms with Crippen LogP contribution in [0.5, 0.6) is 5.75 Å². The Balaban J connectivity index is 1.74. The zero-order valence-electron chi connectivity index (χ0n) is 13.8. The first kappa shape index (κ1) is 16.1. The summed E-state index contributed by atoms with van der Waals surface area (Å²) in [6.45, 7) is 0.943. The van der Waals surface area contributed by atoms with Gasteiger partial charge in [0.05, 0.1) is 12.8 Å². The van der Waals surface area contributed by atoms with Gasteiger partial charge in [0.15, 0.2) is 0 Å². The van der Waals surface area contributed by atoms with Crippen molar-refractivity contribution in [2.75, 3.05) is 13.7 Å². The monoisotopic (exact) mass is 323 g/mol. The van der Waals surface area contributed by atoms with Gasteiger partial charge in [-0.2, -0.15) is 0 Å². The van der Waals surface area contributed by atoms with Crippen LogP contribution in [0, 0.1) is 0 Å². The van der Waals surface area contributed by atoms with Crippen molar-refractivity contribution < 1.29 is 14.3 Å². The molecule has 0 aliphatic carbocycles. The molecule has 0 aromatic heterocycles. The molecule has 0 saturated carbocycles. The summed E-state index contributed by atoms with van der Waals surface area (Å²) in [7, 11) is 1.64. The molecule has 4 heteroatoms. The van der Waals surface area contributed by atoms with Crippen LogP contribution in [0.2, 0.25) is 0 Å². The molecule has 0 atom stereocenters. The summed E-state index contributed by atoms with van der Waals surface area (Å²) in [5.74, 6) is 0.775. The summed E-state index contributed by atoms with van der Waals surface area (Å²) in [6.07, 6.45) is 3.66. The van der Waals surface area contributed by atoms with Crippen LogP contribution in [0.25, 0.3) is 5.70 Å². The second-order valence-electron chi connectivity index (χ2n) is 5.66. The molecule has 2 aromatic rings. The van der Waals surface area contributed by atoms with Crippen molar-refractivity contribution in [2.24, 2.45) is 0 Å². The van der Waals surface area contributed by atoms with E-state index >= 15 is 0 Å². The highest BCUT2D eigenvalue weighted by atomic mass is 16.6. The van der Waals surface area contributed by atoms with Crippen LogP contribution in [-0.4, -0.2) is 24.6 Å². The molecule has 1 heterocycles. The van der Waals surface area contributed by atoms with E-state index in [0.29, 0.717) is 6.54 Å². The Kier molecular flexibility index (Phi) is 5.16. The Morgan fingerprint density at radius 2 is 1.96 bits per heavy atom. The maximum Gasteiger partial charge on any atom is 0.414 e. The molecule has 3 rings (SSSR count). The Labute approximate surface area is 142 Å². The topological polar surface area (TPSA) is 38.8 Å². The first-order chi connectivity index (χ1) is 11.8. The molecule has 1 aliphatic rings. The average molecular weight is 323 g/mol. The van der Waals surface area contributed by atoms with Crippen molar-refractivity contribution in [3.05, 3.63) is 71.8 Å². The van der Waals surface area contributed by atoms with Crippen molar-refractivity contribution in [3.63, 3.8) is 0 Å². The molecular formula is C20H21NO3. The molecule has 0 fully saturated rings. The van der Waals surface area contributed by atoms with Gasteiger partial charge in [0, 0.05) is 12.1 Å². The lowest BCUT2D eigenvalue weighted by molar-refractivity contribution is 0.112. The second-order valence-corrected chi connectivity index (χ2v) is 5.66. The quantitative estimate of drug-likeness (QED) is 0.833. The number of hydrogen-bond acceptors (Lipinski definition) is 3. The number of carbonyl (C=O) groups is 1. The lowest BCUT2D eigenvalue weighted by Crippen LogP contribution is -2.33. The van der Waals surface area contributed by atoms with Gasteiger partial charge in [0.1, 0.15) is 12.4 Å². The number of nitrogens with zero attached hydrogens (tertiary/aromatic N) is 1. The van der Waals surface area contributed by atoms with E-state index in [4.69, 9.17) is 9.47 Å². The molecule has 4 nitrogen and oxygen atoms in total. The molecule has 124 valence electrons. The van der Waals surface area contributed by atoms with Crippen molar-refractivity contribution in [2.45, 2.75) is 19.4 Å². The molecule has 1 aliphatic heterocycles. The van der Waals surface area contributed by atoms with Gasteiger partial charge in [0.2, 0.25) is 0 Å². The SMILES string of the molecule is COc1cccc(C2=CCCCN2C(=O)OCc2ccccc2)c1. The van der Waals surface area contributed by atoms with Crippen molar-refractivity contribution in [3.8, 4) is 5.75 Å². The minimum atomic E-state index is -0.312. The number of amides is 1. The molecule has 1 amide bonds. The summed E-state index contributed by atoms with van der Waals surface area (Å²) < 4.78 is 10.8. The Morgan fingerprint density at radius 1 is 1.12 bits per heavy atom. The predicted molar refractivity (Wildman–Crippen MR) is 93.5 cm³/mol. The molecular weight excluding hydrogens is 302 g/mol.